The van der Waals surface area contributed by atoms with Crippen molar-refractivity contribution in [1.82, 2.24) is 10.2 Å². The number of furan rings is 1. The van der Waals surface area contributed by atoms with Crippen molar-refractivity contribution in [3.05, 3.63) is 24.2 Å². The van der Waals surface area contributed by atoms with Gasteiger partial charge in [-0.2, -0.15) is 0 Å². The molecule has 1 N–H and O–H groups in total. The molecule has 1 spiro atoms. The van der Waals surface area contributed by atoms with Crippen LogP contribution in [-0.4, -0.2) is 50.3 Å². The summed E-state index contributed by atoms with van der Waals surface area (Å²) in [4.78, 5) is 7.43. The van der Waals surface area contributed by atoms with E-state index in [0.29, 0.717) is 11.3 Å². The van der Waals surface area contributed by atoms with Crippen molar-refractivity contribution in [2.45, 2.75) is 38.5 Å². The Morgan fingerprint density at radius 1 is 1.38 bits per heavy atom. The van der Waals surface area contributed by atoms with Crippen molar-refractivity contribution < 1.29 is 9.15 Å². The molecule has 132 valence electrons. The number of guanidine groups is 1. The average molecular weight is 331 g/mol. The van der Waals surface area contributed by atoms with Crippen LogP contribution in [0.2, 0.25) is 0 Å². The van der Waals surface area contributed by atoms with Gasteiger partial charge in [0.05, 0.1) is 12.9 Å². The normalized spacial score (nSPS) is 26.1. The number of nitrogens with one attached hydrogen (secondary N) is 1. The summed E-state index contributed by atoms with van der Waals surface area (Å²) in [6.07, 6.45) is 9.33. The molecular formula is C19H29N3O2. The fourth-order valence-electron chi connectivity index (χ4n) is 4.16. The van der Waals surface area contributed by atoms with E-state index >= 15 is 0 Å². The number of rotatable bonds is 5. The summed E-state index contributed by atoms with van der Waals surface area (Å²) in [5, 5.41) is 3.58. The van der Waals surface area contributed by atoms with Crippen molar-refractivity contribution >= 4 is 5.96 Å². The summed E-state index contributed by atoms with van der Waals surface area (Å²) in [6, 6.07) is 3.98. The van der Waals surface area contributed by atoms with Crippen LogP contribution in [0.15, 0.2) is 27.8 Å². The molecule has 1 atom stereocenters. The van der Waals surface area contributed by atoms with Crippen molar-refractivity contribution in [2.24, 2.45) is 16.3 Å². The number of likely N-dealkylation sites (tertiary alicyclic amines) is 1. The number of hydrogen-bond acceptors (Lipinski definition) is 3. The number of nitrogens with zero attached hydrogens (tertiary/aromatic N) is 2. The van der Waals surface area contributed by atoms with Gasteiger partial charge >= 0.3 is 0 Å². The third-order valence-electron chi connectivity index (χ3n) is 5.91. The first kappa shape index (κ1) is 16.0. The molecule has 1 aromatic rings. The lowest BCUT2D eigenvalue weighted by Crippen LogP contribution is -2.43. The lowest BCUT2D eigenvalue weighted by atomic mass is 9.68. The van der Waals surface area contributed by atoms with Gasteiger partial charge in [-0.1, -0.05) is 6.42 Å². The third kappa shape index (κ3) is 3.61. The molecule has 3 aliphatic rings. The molecule has 1 unspecified atom stereocenters. The number of aliphatic imine (C=N–C) groups is 1. The minimum atomic E-state index is 0.590. The van der Waals surface area contributed by atoms with E-state index in [1.165, 1.54) is 32.2 Å². The van der Waals surface area contributed by atoms with E-state index in [2.05, 4.69) is 10.2 Å². The van der Waals surface area contributed by atoms with Gasteiger partial charge in [-0.05, 0) is 43.2 Å². The molecule has 5 heteroatoms. The Morgan fingerprint density at radius 3 is 3.00 bits per heavy atom. The van der Waals surface area contributed by atoms with Gasteiger partial charge in [-0.3, -0.25) is 4.99 Å². The molecule has 2 saturated heterocycles. The molecule has 0 amide bonds. The summed E-state index contributed by atoms with van der Waals surface area (Å²) >= 11 is 0. The molecule has 5 nitrogen and oxygen atoms in total. The molecule has 1 aromatic heterocycles. The molecule has 1 saturated carbocycles. The van der Waals surface area contributed by atoms with Gasteiger partial charge in [0, 0.05) is 45.1 Å². The largest absolute Gasteiger partial charge is 0.469 e. The minimum absolute atomic E-state index is 0.590. The first-order valence-corrected chi connectivity index (χ1v) is 9.46. The van der Waals surface area contributed by atoms with E-state index < -0.39 is 0 Å². The molecule has 0 aromatic carbocycles. The molecule has 24 heavy (non-hydrogen) atoms. The van der Waals surface area contributed by atoms with Crippen molar-refractivity contribution in [3.63, 3.8) is 0 Å². The maximum atomic E-state index is 5.49. The number of ether oxygens (including phenoxy) is 1. The maximum Gasteiger partial charge on any atom is 0.193 e. The standard InChI is InChI=1S/C19H29N3O2/c1-3-17(24-11-1)4-9-20-18(21-13-16-5-12-23-14-16)22-10-8-19(15-22)6-2-7-19/h1,3,11,16H,2,4-10,12-15H2,(H,20,21). The zero-order valence-electron chi connectivity index (χ0n) is 14.5. The molecule has 2 aliphatic heterocycles. The van der Waals surface area contributed by atoms with Crippen molar-refractivity contribution in [2.75, 3.05) is 39.4 Å². The predicted octanol–water partition coefficient (Wildman–Crippen LogP) is 2.68. The van der Waals surface area contributed by atoms with E-state index in [1.807, 2.05) is 12.1 Å². The van der Waals surface area contributed by atoms with Crippen LogP contribution in [-0.2, 0) is 11.2 Å². The topological polar surface area (TPSA) is 50.0 Å². The zero-order chi connectivity index (χ0) is 16.2. The molecule has 1 aliphatic carbocycles. The Kier molecular flexibility index (Phi) is 4.79. The van der Waals surface area contributed by atoms with E-state index in [1.54, 1.807) is 6.26 Å². The van der Waals surface area contributed by atoms with E-state index in [-0.39, 0.29) is 0 Å². The maximum absolute atomic E-state index is 5.49. The van der Waals surface area contributed by atoms with Gasteiger partial charge < -0.3 is 19.4 Å². The summed E-state index contributed by atoms with van der Waals surface area (Å²) in [5.41, 5.74) is 0.597. The van der Waals surface area contributed by atoms with Crippen LogP contribution in [0, 0.1) is 11.3 Å². The lowest BCUT2D eigenvalue weighted by Gasteiger charge is -2.38. The van der Waals surface area contributed by atoms with Crippen molar-refractivity contribution in [3.8, 4) is 0 Å². The van der Waals surface area contributed by atoms with Gasteiger partial charge in [0.2, 0.25) is 0 Å². The Balaban J connectivity index is 1.35. The quantitative estimate of drug-likeness (QED) is 0.666. The number of hydrogen-bond donors (Lipinski definition) is 1. The van der Waals surface area contributed by atoms with Crippen LogP contribution in [0.3, 0.4) is 0 Å². The summed E-state index contributed by atoms with van der Waals surface area (Å²) < 4.78 is 10.9. The lowest BCUT2D eigenvalue weighted by molar-refractivity contribution is 0.151. The first-order chi connectivity index (χ1) is 11.8. The van der Waals surface area contributed by atoms with Crippen LogP contribution in [0.25, 0.3) is 0 Å². The molecule has 3 fully saturated rings. The fourth-order valence-corrected chi connectivity index (χ4v) is 4.16. The van der Waals surface area contributed by atoms with Gasteiger partial charge in [-0.15, -0.1) is 0 Å². The summed E-state index contributed by atoms with van der Waals surface area (Å²) in [7, 11) is 0. The third-order valence-corrected chi connectivity index (χ3v) is 5.91. The Hall–Kier alpha value is -1.49. The van der Waals surface area contributed by atoms with Crippen molar-refractivity contribution in [1.29, 1.82) is 0 Å². The van der Waals surface area contributed by atoms with E-state index in [4.69, 9.17) is 14.1 Å². The molecular weight excluding hydrogens is 302 g/mol. The minimum Gasteiger partial charge on any atom is -0.469 e. The second-order valence-corrected chi connectivity index (χ2v) is 7.68. The van der Waals surface area contributed by atoms with Gasteiger partial charge in [0.1, 0.15) is 5.76 Å². The zero-order valence-corrected chi connectivity index (χ0v) is 14.5. The van der Waals surface area contributed by atoms with E-state index in [9.17, 15) is 0 Å². The highest BCUT2D eigenvalue weighted by atomic mass is 16.5. The Bertz CT molecular complexity index is 545. The molecule has 4 rings (SSSR count). The van der Waals surface area contributed by atoms with Crippen LogP contribution in [0.5, 0.6) is 0 Å². The summed E-state index contributed by atoms with van der Waals surface area (Å²) in [6.45, 7) is 5.85. The highest BCUT2D eigenvalue weighted by molar-refractivity contribution is 5.80. The Labute approximate surface area is 144 Å². The second-order valence-electron chi connectivity index (χ2n) is 7.68. The van der Waals surface area contributed by atoms with Gasteiger partial charge in [0.15, 0.2) is 5.96 Å². The predicted molar refractivity (Wildman–Crippen MR) is 94.1 cm³/mol. The molecule has 3 heterocycles. The fraction of sp³-hybridized carbons (Fsp3) is 0.737. The Morgan fingerprint density at radius 2 is 2.33 bits per heavy atom. The average Bonchev–Trinajstić information content (AvgIpc) is 3.31. The van der Waals surface area contributed by atoms with Gasteiger partial charge in [-0.25, -0.2) is 0 Å². The van der Waals surface area contributed by atoms with Gasteiger partial charge in [0.25, 0.3) is 0 Å². The highest BCUT2D eigenvalue weighted by Gasteiger charge is 2.43. The van der Waals surface area contributed by atoms with Crippen LogP contribution in [0.4, 0.5) is 0 Å². The SMILES string of the molecule is c1coc(CCNC(=NCC2CCOC2)N2CCC3(CCC3)C2)c1. The van der Waals surface area contributed by atoms with Crippen LogP contribution >= 0.6 is 0 Å². The molecule has 0 bridgehead atoms. The summed E-state index contributed by atoms with van der Waals surface area (Å²) in [5.74, 6) is 2.72. The van der Waals surface area contributed by atoms with Crippen LogP contribution < -0.4 is 5.32 Å². The smallest absolute Gasteiger partial charge is 0.193 e. The second kappa shape index (κ2) is 7.18. The highest BCUT2D eigenvalue weighted by Crippen LogP contribution is 2.47. The first-order valence-electron chi connectivity index (χ1n) is 9.46. The van der Waals surface area contributed by atoms with Crippen LogP contribution in [0.1, 0.15) is 37.9 Å². The monoisotopic (exact) mass is 331 g/mol. The van der Waals surface area contributed by atoms with E-state index in [0.717, 1.165) is 57.4 Å². The molecule has 0 radical (unpaired) electrons.